The van der Waals surface area contributed by atoms with Crippen molar-refractivity contribution < 1.29 is 14.3 Å². The number of amides is 1. The largest absolute Gasteiger partial charge is 0.497 e. The van der Waals surface area contributed by atoms with E-state index in [4.69, 9.17) is 9.47 Å². The van der Waals surface area contributed by atoms with E-state index >= 15 is 0 Å². The van der Waals surface area contributed by atoms with Gasteiger partial charge in [-0.25, -0.2) is 4.68 Å². The summed E-state index contributed by atoms with van der Waals surface area (Å²) in [5, 5.41) is 7.49. The lowest BCUT2D eigenvalue weighted by molar-refractivity contribution is 0.0937. The van der Waals surface area contributed by atoms with Crippen molar-refractivity contribution in [2.75, 3.05) is 27.4 Å². The van der Waals surface area contributed by atoms with Crippen LogP contribution >= 0.6 is 0 Å². The SMILES string of the molecule is COCCNC(=O)c1cn(-c2ccccc2)nc1-c1ccc(OC)cc1. The van der Waals surface area contributed by atoms with Gasteiger partial charge in [0.05, 0.1) is 25.0 Å². The van der Waals surface area contributed by atoms with Crippen LogP contribution < -0.4 is 10.1 Å². The molecule has 1 N–H and O–H groups in total. The molecule has 1 amide bonds. The number of nitrogens with zero attached hydrogens (tertiary/aromatic N) is 2. The smallest absolute Gasteiger partial charge is 0.255 e. The third kappa shape index (κ3) is 3.92. The number of benzene rings is 2. The van der Waals surface area contributed by atoms with Crippen LogP contribution in [0.25, 0.3) is 16.9 Å². The highest BCUT2D eigenvalue weighted by Gasteiger charge is 2.18. The second-order valence-corrected chi connectivity index (χ2v) is 5.65. The molecule has 3 aromatic rings. The lowest BCUT2D eigenvalue weighted by atomic mass is 10.1. The molecule has 0 spiro atoms. The van der Waals surface area contributed by atoms with Gasteiger partial charge in [-0.2, -0.15) is 5.10 Å². The molecule has 1 aromatic heterocycles. The summed E-state index contributed by atoms with van der Waals surface area (Å²) in [6, 6.07) is 17.2. The maximum absolute atomic E-state index is 12.6. The van der Waals surface area contributed by atoms with Crippen LogP contribution in [-0.4, -0.2) is 43.1 Å². The molecule has 0 saturated heterocycles. The van der Waals surface area contributed by atoms with Crippen molar-refractivity contribution in [2.45, 2.75) is 0 Å². The first kappa shape index (κ1) is 17.7. The number of carbonyl (C=O) groups is 1. The van der Waals surface area contributed by atoms with Gasteiger partial charge in [-0.3, -0.25) is 4.79 Å². The fourth-order valence-electron chi connectivity index (χ4n) is 2.58. The molecular weight excluding hydrogens is 330 g/mol. The molecule has 0 saturated carbocycles. The molecule has 26 heavy (non-hydrogen) atoms. The minimum atomic E-state index is -0.185. The molecule has 0 bridgehead atoms. The first-order valence-corrected chi connectivity index (χ1v) is 8.29. The Balaban J connectivity index is 1.99. The van der Waals surface area contributed by atoms with Gasteiger partial charge in [0.2, 0.25) is 0 Å². The van der Waals surface area contributed by atoms with Gasteiger partial charge in [-0.1, -0.05) is 18.2 Å². The monoisotopic (exact) mass is 351 g/mol. The third-order valence-electron chi connectivity index (χ3n) is 3.93. The molecule has 0 atom stereocenters. The molecular formula is C20H21N3O3. The van der Waals surface area contributed by atoms with E-state index in [0.717, 1.165) is 17.0 Å². The molecule has 6 nitrogen and oxygen atoms in total. The van der Waals surface area contributed by atoms with Crippen molar-refractivity contribution >= 4 is 5.91 Å². The number of rotatable bonds is 7. The molecule has 0 aliphatic carbocycles. The minimum absolute atomic E-state index is 0.185. The van der Waals surface area contributed by atoms with Gasteiger partial charge >= 0.3 is 0 Å². The Morgan fingerprint density at radius 1 is 1.08 bits per heavy atom. The first-order valence-electron chi connectivity index (χ1n) is 8.29. The molecule has 2 aromatic carbocycles. The Hall–Kier alpha value is -3.12. The van der Waals surface area contributed by atoms with Gasteiger partial charge in [0.1, 0.15) is 11.4 Å². The fourth-order valence-corrected chi connectivity index (χ4v) is 2.58. The van der Waals surface area contributed by atoms with Crippen LogP contribution in [0, 0.1) is 0 Å². The summed E-state index contributed by atoms with van der Waals surface area (Å²) >= 11 is 0. The number of aromatic nitrogens is 2. The Labute approximate surface area is 152 Å². The average molecular weight is 351 g/mol. The molecule has 0 unspecified atom stereocenters. The maximum Gasteiger partial charge on any atom is 0.255 e. The second kappa shape index (κ2) is 8.31. The summed E-state index contributed by atoms with van der Waals surface area (Å²) in [6.45, 7) is 0.893. The average Bonchev–Trinajstić information content (AvgIpc) is 3.14. The standard InChI is InChI=1S/C20H21N3O3/c1-25-13-12-21-20(24)18-14-23(16-6-4-3-5-7-16)22-19(18)15-8-10-17(26-2)11-9-15/h3-11,14H,12-13H2,1-2H3,(H,21,24). The number of hydrogen-bond acceptors (Lipinski definition) is 4. The minimum Gasteiger partial charge on any atom is -0.497 e. The summed E-state index contributed by atoms with van der Waals surface area (Å²) in [7, 11) is 3.22. The van der Waals surface area contributed by atoms with Crippen molar-refractivity contribution in [2.24, 2.45) is 0 Å². The van der Waals surface area contributed by atoms with E-state index < -0.39 is 0 Å². The molecule has 0 aliphatic heterocycles. The van der Waals surface area contributed by atoms with Crippen LogP contribution in [0.5, 0.6) is 5.75 Å². The van der Waals surface area contributed by atoms with Crippen LogP contribution in [0.15, 0.2) is 60.8 Å². The first-order chi connectivity index (χ1) is 12.7. The van der Waals surface area contributed by atoms with Crippen LogP contribution in [-0.2, 0) is 4.74 Å². The number of methoxy groups -OCH3 is 2. The van der Waals surface area contributed by atoms with Gasteiger partial charge < -0.3 is 14.8 Å². The maximum atomic E-state index is 12.6. The number of para-hydroxylation sites is 1. The number of carbonyl (C=O) groups excluding carboxylic acids is 1. The highest BCUT2D eigenvalue weighted by atomic mass is 16.5. The Morgan fingerprint density at radius 3 is 2.46 bits per heavy atom. The fraction of sp³-hybridized carbons (Fsp3) is 0.200. The normalized spacial score (nSPS) is 10.5. The van der Waals surface area contributed by atoms with E-state index in [2.05, 4.69) is 10.4 Å². The van der Waals surface area contributed by atoms with Crippen molar-refractivity contribution in [3.63, 3.8) is 0 Å². The molecule has 6 heteroatoms. The van der Waals surface area contributed by atoms with Crippen LogP contribution in [0.3, 0.4) is 0 Å². The third-order valence-corrected chi connectivity index (χ3v) is 3.93. The predicted octanol–water partition coefficient (Wildman–Crippen LogP) is 2.92. The van der Waals surface area contributed by atoms with Crippen LogP contribution in [0.4, 0.5) is 0 Å². The predicted molar refractivity (Wildman–Crippen MR) is 99.8 cm³/mol. The molecule has 0 radical (unpaired) electrons. The van der Waals surface area contributed by atoms with E-state index in [-0.39, 0.29) is 5.91 Å². The van der Waals surface area contributed by atoms with Crippen LogP contribution in [0.2, 0.25) is 0 Å². The number of hydrogen-bond donors (Lipinski definition) is 1. The second-order valence-electron chi connectivity index (χ2n) is 5.65. The zero-order valence-corrected chi connectivity index (χ0v) is 14.8. The van der Waals surface area contributed by atoms with E-state index in [1.54, 1.807) is 25.1 Å². The van der Waals surface area contributed by atoms with Crippen molar-refractivity contribution in [3.05, 3.63) is 66.4 Å². The highest BCUT2D eigenvalue weighted by Crippen LogP contribution is 2.25. The Bertz CT molecular complexity index is 858. The molecule has 0 aliphatic rings. The summed E-state index contributed by atoms with van der Waals surface area (Å²) in [5.41, 5.74) is 2.86. The van der Waals surface area contributed by atoms with Gasteiger partial charge in [0.25, 0.3) is 5.91 Å². The van der Waals surface area contributed by atoms with E-state index in [9.17, 15) is 4.79 Å². The van der Waals surface area contributed by atoms with Crippen LogP contribution in [0.1, 0.15) is 10.4 Å². The Kier molecular flexibility index (Phi) is 5.66. The van der Waals surface area contributed by atoms with Gasteiger partial charge in [0, 0.05) is 25.4 Å². The summed E-state index contributed by atoms with van der Waals surface area (Å²) in [5.74, 6) is 0.567. The van der Waals surface area contributed by atoms with Gasteiger partial charge in [-0.15, -0.1) is 0 Å². The topological polar surface area (TPSA) is 65.4 Å². The molecule has 3 rings (SSSR count). The Morgan fingerprint density at radius 2 is 1.81 bits per heavy atom. The van der Waals surface area contributed by atoms with Crippen molar-refractivity contribution in [1.29, 1.82) is 0 Å². The van der Waals surface area contributed by atoms with Crippen molar-refractivity contribution in [1.82, 2.24) is 15.1 Å². The quantitative estimate of drug-likeness (QED) is 0.665. The van der Waals surface area contributed by atoms with E-state index in [1.165, 1.54) is 0 Å². The van der Waals surface area contributed by atoms with Gasteiger partial charge in [-0.05, 0) is 36.4 Å². The molecule has 0 fully saturated rings. The summed E-state index contributed by atoms with van der Waals surface area (Å²) in [6.07, 6.45) is 1.75. The number of ether oxygens (including phenoxy) is 2. The zero-order chi connectivity index (χ0) is 18.4. The lowest BCUT2D eigenvalue weighted by Gasteiger charge is -2.05. The lowest BCUT2D eigenvalue weighted by Crippen LogP contribution is -2.27. The molecule has 134 valence electrons. The number of nitrogens with one attached hydrogen (secondary N) is 1. The summed E-state index contributed by atoms with van der Waals surface area (Å²) < 4.78 is 11.9. The summed E-state index contributed by atoms with van der Waals surface area (Å²) in [4.78, 5) is 12.6. The highest BCUT2D eigenvalue weighted by molar-refractivity contribution is 5.99. The van der Waals surface area contributed by atoms with E-state index in [1.807, 2.05) is 54.6 Å². The van der Waals surface area contributed by atoms with Gasteiger partial charge in [0.15, 0.2) is 0 Å². The van der Waals surface area contributed by atoms with E-state index in [0.29, 0.717) is 24.4 Å². The zero-order valence-electron chi connectivity index (χ0n) is 14.8. The molecule has 1 heterocycles. The van der Waals surface area contributed by atoms with Crippen molar-refractivity contribution in [3.8, 4) is 22.7 Å².